The van der Waals surface area contributed by atoms with Crippen LogP contribution in [0.2, 0.25) is 0 Å². The van der Waals surface area contributed by atoms with E-state index in [1.54, 1.807) is 19.3 Å². The van der Waals surface area contributed by atoms with Crippen molar-refractivity contribution in [3.63, 3.8) is 0 Å². The van der Waals surface area contributed by atoms with Crippen LogP contribution in [0.5, 0.6) is 0 Å². The zero-order chi connectivity index (χ0) is 8.69. The molecule has 0 spiro atoms. The molecule has 0 saturated heterocycles. The number of allylic oxidation sites excluding steroid dienone is 2. The summed E-state index contributed by atoms with van der Waals surface area (Å²) in [6, 6.07) is 0. The number of ketones is 1. The summed E-state index contributed by atoms with van der Waals surface area (Å²) < 4.78 is 0. The van der Waals surface area contributed by atoms with Gasteiger partial charge in [0, 0.05) is 25.3 Å². The standard InChI is InChI=1S/C9H15NO/c1-4-6-9(11)8(5-2)7-10-3/h5,7H,4,6H2,1-3H3/b8-5+,10-7-. The summed E-state index contributed by atoms with van der Waals surface area (Å²) in [5, 5.41) is 0. The fourth-order valence-electron chi connectivity index (χ4n) is 0.818. The number of carbonyl (C=O) groups is 1. The quantitative estimate of drug-likeness (QED) is 0.448. The minimum Gasteiger partial charge on any atom is -0.296 e. The smallest absolute Gasteiger partial charge is 0.164 e. The van der Waals surface area contributed by atoms with E-state index in [1.807, 2.05) is 13.8 Å². The molecule has 0 aromatic rings. The van der Waals surface area contributed by atoms with Crippen molar-refractivity contribution in [2.75, 3.05) is 7.05 Å². The summed E-state index contributed by atoms with van der Waals surface area (Å²) in [6.07, 6.45) is 4.92. The van der Waals surface area contributed by atoms with Gasteiger partial charge in [0.1, 0.15) is 0 Å². The van der Waals surface area contributed by atoms with Gasteiger partial charge in [0.05, 0.1) is 0 Å². The molecule has 0 aromatic carbocycles. The lowest BCUT2D eigenvalue weighted by molar-refractivity contribution is -0.115. The topological polar surface area (TPSA) is 29.4 Å². The van der Waals surface area contributed by atoms with Gasteiger partial charge in [0.15, 0.2) is 5.78 Å². The highest BCUT2D eigenvalue weighted by atomic mass is 16.1. The number of hydrogen-bond acceptors (Lipinski definition) is 2. The molecular weight excluding hydrogens is 138 g/mol. The molecule has 0 heterocycles. The van der Waals surface area contributed by atoms with Gasteiger partial charge in [-0.15, -0.1) is 0 Å². The Morgan fingerprint density at radius 2 is 2.18 bits per heavy atom. The highest BCUT2D eigenvalue weighted by Gasteiger charge is 2.02. The van der Waals surface area contributed by atoms with E-state index in [0.717, 1.165) is 6.42 Å². The fraction of sp³-hybridized carbons (Fsp3) is 0.556. The summed E-state index contributed by atoms with van der Waals surface area (Å²) in [6.45, 7) is 3.85. The van der Waals surface area contributed by atoms with E-state index in [4.69, 9.17) is 0 Å². The second-order valence-corrected chi connectivity index (χ2v) is 2.30. The SMILES string of the molecule is C/C=C(\C=N/C)C(=O)CCC. The van der Waals surface area contributed by atoms with Gasteiger partial charge < -0.3 is 0 Å². The van der Waals surface area contributed by atoms with E-state index < -0.39 is 0 Å². The predicted molar refractivity (Wildman–Crippen MR) is 48.1 cm³/mol. The van der Waals surface area contributed by atoms with Gasteiger partial charge in [-0.05, 0) is 13.3 Å². The third kappa shape index (κ3) is 3.71. The van der Waals surface area contributed by atoms with Crippen LogP contribution in [0.1, 0.15) is 26.7 Å². The molecule has 0 atom stereocenters. The average molecular weight is 153 g/mol. The maximum atomic E-state index is 11.2. The maximum absolute atomic E-state index is 11.2. The molecule has 0 aliphatic heterocycles. The van der Waals surface area contributed by atoms with E-state index in [0.29, 0.717) is 12.0 Å². The third-order valence-corrected chi connectivity index (χ3v) is 1.38. The molecule has 2 nitrogen and oxygen atoms in total. The van der Waals surface area contributed by atoms with Crippen molar-refractivity contribution in [3.8, 4) is 0 Å². The van der Waals surface area contributed by atoms with Crippen LogP contribution in [0, 0.1) is 0 Å². The molecule has 0 aliphatic rings. The first-order valence-electron chi connectivity index (χ1n) is 3.87. The van der Waals surface area contributed by atoms with Crippen molar-refractivity contribution >= 4 is 12.0 Å². The minimum absolute atomic E-state index is 0.181. The summed E-state index contributed by atoms with van der Waals surface area (Å²) in [5.41, 5.74) is 0.717. The molecule has 0 saturated carbocycles. The second kappa shape index (κ2) is 5.83. The number of aliphatic imine (C=N–C) groups is 1. The number of carbonyl (C=O) groups excluding carboxylic acids is 1. The van der Waals surface area contributed by atoms with Crippen molar-refractivity contribution in [3.05, 3.63) is 11.6 Å². The Morgan fingerprint density at radius 1 is 1.55 bits per heavy atom. The van der Waals surface area contributed by atoms with E-state index in [1.165, 1.54) is 0 Å². The average Bonchev–Trinajstić information content (AvgIpc) is 2.00. The largest absolute Gasteiger partial charge is 0.296 e. The van der Waals surface area contributed by atoms with Crippen LogP contribution in [0.3, 0.4) is 0 Å². The summed E-state index contributed by atoms with van der Waals surface area (Å²) in [7, 11) is 1.67. The Labute approximate surface area is 68.0 Å². The van der Waals surface area contributed by atoms with Gasteiger partial charge in [-0.25, -0.2) is 0 Å². The molecule has 11 heavy (non-hydrogen) atoms. The minimum atomic E-state index is 0.181. The Balaban J connectivity index is 4.16. The number of Topliss-reactive ketones (excluding diaryl/α,β-unsaturated/α-hetero) is 1. The lowest BCUT2D eigenvalue weighted by atomic mass is 10.1. The molecule has 0 amide bonds. The van der Waals surface area contributed by atoms with Crippen LogP contribution >= 0.6 is 0 Å². The monoisotopic (exact) mass is 153 g/mol. The zero-order valence-corrected chi connectivity index (χ0v) is 7.42. The molecule has 0 rings (SSSR count). The van der Waals surface area contributed by atoms with Crippen LogP contribution in [-0.2, 0) is 4.79 Å². The van der Waals surface area contributed by atoms with Crippen molar-refractivity contribution in [2.24, 2.45) is 4.99 Å². The molecule has 62 valence electrons. The number of rotatable bonds is 4. The summed E-state index contributed by atoms with van der Waals surface area (Å²) in [4.78, 5) is 15.0. The van der Waals surface area contributed by atoms with Gasteiger partial charge in [0.2, 0.25) is 0 Å². The third-order valence-electron chi connectivity index (χ3n) is 1.38. The van der Waals surface area contributed by atoms with Gasteiger partial charge in [-0.3, -0.25) is 9.79 Å². The van der Waals surface area contributed by atoms with E-state index in [9.17, 15) is 4.79 Å². The number of nitrogens with zero attached hydrogens (tertiary/aromatic N) is 1. The molecule has 0 aromatic heterocycles. The lowest BCUT2D eigenvalue weighted by Gasteiger charge is -1.96. The highest BCUT2D eigenvalue weighted by molar-refractivity contribution is 6.13. The first kappa shape index (κ1) is 10.1. The summed E-state index contributed by atoms with van der Waals surface area (Å²) >= 11 is 0. The first-order chi connectivity index (χ1) is 5.26. The van der Waals surface area contributed by atoms with E-state index >= 15 is 0 Å². The van der Waals surface area contributed by atoms with Crippen molar-refractivity contribution in [1.29, 1.82) is 0 Å². The molecule has 0 unspecified atom stereocenters. The van der Waals surface area contributed by atoms with Gasteiger partial charge >= 0.3 is 0 Å². The predicted octanol–water partition coefficient (Wildman–Crippen LogP) is 2.00. The van der Waals surface area contributed by atoms with Crippen LogP contribution in [-0.4, -0.2) is 19.0 Å². The Hall–Kier alpha value is -0.920. The molecule has 0 N–H and O–H groups in total. The van der Waals surface area contributed by atoms with Crippen LogP contribution < -0.4 is 0 Å². The molecule has 0 radical (unpaired) electrons. The summed E-state index contributed by atoms with van der Waals surface area (Å²) in [5.74, 6) is 0.181. The Kier molecular flexibility index (Phi) is 5.35. The van der Waals surface area contributed by atoms with Gasteiger partial charge in [-0.2, -0.15) is 0 Å². The van der Waals surface area contributed by atoms with Crippen molar-refractivity contribution in [1.82, 2.24) is 0 Å². The van der Waals surface area contributed by atoms with Crippen molar-refractivity contribution in [2.45, 2.75) is 26.7 Å². The van der Waals surface area contributed by atoms with Crippen molar-refractivity contribution < 1.29 is 4.79 Å². The van der Waals surface area contributed by atoms with E-state index in [-0.39, 0.29) is 5.78 Å². The first-order valence-corrected chi connectivity index (χ1v) is 3.87. The normalized spacial score (nSPS) is 12.5. The molecule has 2 heteroatoms. The molecule has 0 bridgehead atoms. The van der Waals surface area contributed by atoms with Gasteiger partial charge in [0.25, 0.3) is 0 Å². The molecular formula is C9H15NO. The van der Waals surface area contributed by atoms with Gasteiger partial charge in [-0.1, -0.05) is 13.0 Å². The van der Waals surface area contributed by atoms with E-state index in [2.05, 4.69) is 4.99 Å². The fourth-order valence-corrected chi connectivity index (χ4v) is 0.818. The molecule has 0 aliphatic carbocycles. The zero-order valence-electron chi connectivity index (χ0n) is 7.42. The van der Waals surface area contributed by atoms with Crippen LogP contribution in [0.4, 0.5) is 0 Å². The Morgan fingerprint density at radius 3 is 2.55 bits per heavy atom. The second-order valence-electron chi connectivity index (χ2n) is 2.30. The molecule has 0 fully saturated rings. The van der Waals surface area contributed by atoms with Crippen LogP contribution in [0.25, 0.3) is 0 Å². The Bertz CT molecular complexity index is 180. The lowest BCUT2D eigenvalue weighted by Crippen LogP contribution is -2.02. The highest BCUT2D eigenvalue weighted by Crippen LogP contribution is 1.99. The number of hydrogen-bond donors (Lipinski definition) is 0. The van der Waals surface area contributed by atoms with Crippen LogP contribution in [0.15, 0.2) is 16.6 Å². The maximum Gasteiger partial charge on any atom is 0.164 e.